The first kappa shape index (κ1) is 53.8. The first-order chi connectivity index (χ1) is 55.4. The van der Waals surface area contributed by atoms with Crippen LogP contribution in [0.15, 0.2) is 262 Å². The molecule has 20 rings (SSSR count). The van der Waals surface area contributed by atoms with Gasteiger partial charge in [0.2, 0.25) is 22.8 Å². The zero-order chi connectivity index (χ0) is 81.3. The zero-order valence-corrected chi connectivity index (χ0v) is 62.0. The molecule has 0 saturated carbocycles. The standard InChI is InChI=1S/C25H22NS.C24H21N2S.2C23H18NS/c1-15-9-11-19(16(2)13-15)24-23-22-20-8-6-5-7-18(20)10-12-21(22)27-25(23)17(3)14-26(24)4;1-14-7-9-18(15(2)12-14)23-24-20(16(3)13-26(23)4)21-19(27-24)10-8-17-6-5-11-25-22(17)21;1-15-7-3-6-10-18(15)23-22-19-13-16-8-4-5-9-17(16)14-21(19)25-20(22)11-12-24(23)2;1-15-7-3-5-9-17(15)23-22-20(13-14-24(23)2)25-19-12-11-16-8-4-6-10-18(16)21(19)22/h5-14H,1-4H3;5-13H,1-4H3;2*3-14H,1-2H3/q4*+1/i2*1D3,3D3;;. The predicted octanol–water partition coefficient (Wildman–Crippen LogP) is 24.7. The van der Waals surface area contributed by atoms with Crippen molar-refractivity contribution in [3.8, 4) is 45.0 Å². The summed E-state index contributed by atoms with van der Waals surface area (Å²) in [7, 11) is 7.99. The summed E-state index contributed by atoms with van der Waals surface area (Å²) >= 11 is 6.81. The van der Waals surface area contributed by atoms with E-state index in [9.17, 15) is 0 Å². The van der Waals surface area contributed by atoms with Gasteiger partial charge in [0, 0.05) is 123 Å². The van der Waals surface area contributed by atoms with Crippen molar-refractivity contribution in [1.82, 2.24) is 4.98 Å². The van der Waals surface area contributed by atoms with Gasteiger partial charge >= 0.3 is 0 Å². The first-order valence-electron chi connectivity index (χ1n) is 40.6. The molecule has 11 aromatic carbocycles. The third-order valence-electron chi connectivity index (χ3n) is 20.4. The number of aromatic nitrogens is 5. The van der Waals surface area contributed by atoms with Crippen LogP contribution in [0.25, 0.3) is 169 Å². The summed E-state index contributed by atoms with van der Waals surface area (Å²) in [5, 5.41) is 17.3. The molecule has 104 heavy (non-hydrogen) atoms. The van der Waals surface area contributed by atoms with Crippen molar-refractivity contribution in [1.29, 1.82) is 0 Å². The average molecular weight is 1430 g/mol. The van der Waals surface area contributed by atoms with Crippen molar-refractivity contribution in [2.24, 2.45) is 28.2 Å². The van der Waals surface area contributed by atoms with Crippen LogP contribution in [0, 0.1) is 55.1 Å². The molecule has 0 fully saturated rings. The van der Waals surface area contributed by atoms with Crippen molar-refractivity contribution in [3.63, 3.8) is 0 Å². The monoisotopic (exact) mass is 1430 g/mol. The minimum absolute atomic E-state index is 0.282. The molecule has 20 aromatic rings. The maximum absolute atomic E-state index is 8.23. The molecule has 0 saturated heterocycles. The molecular weight excluding hydrogens is 1340 g/mol. The summed E-state index contributed by atoms with van der Waals surface area (Å²) in [6, 6.07) is 78.8. The van der Waals surface area contributed by atoms with Gasteiger partial charge in [0.25, 0.3) is 0 Å². The normalized spacial score (nSPS) is 13.8. The Balaban J connectivity index is 0.000000112. The van der Waals surface area contributed by atoms with Crippen LogP contribution in [0.2, 0.25) is 0 Å². The molecule has 0 aliphatic heterocycles. The van der Waals surface area contributed by atoms with E-state index in [1.807, 2.05) is 108 Å². The third kappa shape index (κ3) is 11.5. The number of thiophene rings is 4. The van der Waals surface area contributed by atoms with Crippen molar-refractivity contribution in [3.05, 3.63) is 306 Å². The molecule has 0 amide bonds. The number of benzene rings is 11. The largest absolute Gasteiger partial charge is 0.256 e. The molecule has 0 aliphatic carbocycles. The number of hydrogen-bond donors (Lipinski definition) is 0. The molecule has 0 atom stereocenters. The van der Waals surface area contributed by atoms with Gasteiger partial charge in [0.05, 0.1) is 31.9 Å². The second-order valence-electron chi connectivity index (χ2n) is 27.1. The van der Waals surface area contributed by atoms with Crippen LogP contribution >= 0.6 is 45.3 Å². The Labute approximate surface area is 639 Å². The summed E-state index contributed by atoms with van der Waals surface area (Å²) in [5.74, 6) is 0. The van der Waals surface area contributed by atoms with E-state index < -0.39 is 27.4 Å². The molecular formula is C95H79N5S4+4. The smallest absolute Gasteiger partial charge is 0.230 e. The van der Waals surface area contributed by atoms with E-state index in [1.54, 1.807) is 42.9 Å². The van der Waals surface area contributed by atoms with E-state index in [1.165, 1.54) is 118 Å². The molecule has 0 unspecified atom stereocenters. The van der Waals surface area contributed by atoms with Gasteiger partial charge in [-0.25, -0.2) is 13.7 Å². The van der Waals surface area contributed by atoms with Crippen LogP contribution in [-0.4, -0.2) is 4.98 Å². The Morgan fingerprint density at radius 3 is 1.37 bits per heavy atom. The Morgan fingerprint density at radius 2 is 0.750 bits per heavy atom. The van der Waals surface area contributed by atoms with Crippen LogP contribution in [0.3, 0.4) is 0 Å². The number of nitrogens with zero attached hydrogens (tertiary/aromatic N) is 5. The maximum Gasteiger partial charge on any atom is 0.230 e. The second kappa shape index (κ2) is 26.7. The van der Waals surface area contributed by atoms with E-state index in [-0.39, 0.29) is 11.1 Å². The maximum atomic E-state index is 8.23. The molecule has 9 heterocycles. The van der Waals surface area contributed by atoms with E-state index in [4.69, 9.17) is 16.4 Å². The zero-order valence-electron chi connectivity index (χ0n) is 70.7. The molecule has 0 spiro atoms. The van der Waals surface area contributed by atoms with Crippen molar-refractivity contribution in [2.75, 3.05) is 0 Å². The van der Waals surface area contributed by atoms with Gasteiger partial charge in [-0.15, -0.1) is 45.3 Å². The van der Waals surface area contributed by atoms with Crippen LogP contribution in [0.1, 0.15) is 61.0 Å². The molecule has 5 nitrogen and oxygen atoms in total. The lowest BCUT2D eigenvalue weighted by Crippen LogP contribution is -2.31. The predicted molar refractivity (Wildman–Crippen MR) is 449 cm³/mol. The summed E-state index contributed by atoms with van der Waals surface area (Å²) in [4.78, 5) is 4.59. The van der Waals surface area contributed by atoms with Crippen LogP contribution in [-0.2, 0) is 28.2 Å². The lowest BCUT2D eigenvalue weighted by atomic mass is 9.96. The van der Waals surface area contributed by atoms with Crippen molar-refractivity contribution < 1.29 is 34.7 Å². The summed E-state index contributed by atoms with van der Waals surface area (Å²) in [6.45, 7) is -0.756. The number of rotatable bonds is 4. The number of hydrogen-bond acceptors (Lipinski definition) is 5. The van der Waals surface area contributed by atoms with Gasteiger partial charge in [-0.3, -0.25) is 4.98 Å². The van der Waals surface area contributed by atoms with Gasteiger partial charge in [0.15, 0.2) is 24.8 Å². The van der Waals surface area contributed by atoms with E-state index in [0.717, 1.165) is 90.3 Å². The van der Waals surface area contributed by atoms with E-state index in [2.05, 4.69) is 212 Å². The highest BCUT2D eigenvalue weighted by atomic mass is 32.1. The van der Waals surface area contributed by atoms with Crippen LogP contribution < -0.4 is 18.3 Å². The van der Waals surface area contributed by atoms with Gasteiger partial charge in [-0.2, -0.15) is 4.57 Å². The quantitative estimate of drug-likeness (QED) is 0.161. The molecule has 9 heteroatoms. The Kier molecular flexibility index (Phi) is 13.8. The number of pyridine rings is 5. The summed E-state index contributed by atoms with van der Waals surface area (Å²) < 4.78 is 113. The fourth-order valence-electron chi connectivity index (χ4n) is 15.5. The summed E-state index contributed by atoms with van der Waals surface area (Å²) in [5.41, 5.74) is 15.0. The van der Waals surface area contributed by atoms with Crippen molar-refractivity contribution >= 4 is 169 Å². The Hall–Kier alpha value is -10.9. The highest BCUT2D eigenvalue weighted by Crippen LogP contribution is 2.47. The molecule has 0 aliphatic rings. The van der Waals surface area contributed by atoms with Gasteiger partial charge in [-0.05, 0) is 170 Å². The first-order valence-corrected chi connectivity index (χ1v) is 37.9. The number of aryl methyl sites for hydroxylation is 12. The Bertz CT molecular complexity index is 7400. The second-order valence-corrected chi connectivity index (χ2v) is 31.3. The van der Waals surface area contributed by atoms with Gasteiger partial charge in [0.1, 0.15) is 32.9 Å². The SMILES string of the molecule is Cc1ccccc1-c1c2c(cc[n+]1C)sc1cc3ccccc3cc12.Cc1ccccc1-c1c2c(cc[n+]1C)sc1ccc3ccccc3c12.[2H]C([2H])([2H])c1ccc(-c2c3c(sc4ccc5ccccc5c43)c(C([2H])([2H])[2H])c[n+]2C)c(C)c1.[2H]C([2H])([2H])c1ccc(-c2c3sc4ccc5cccnc5c4c3c(C([2H])([2H])[2H])c[n+]2C)c(C)c1. The highest BCUT2D eigenvalue weighted by molar-refractivity contribution is 7.27. The average Bonchev–Trinajstić information content (AvgIpc) is 1.56. The highest BCUT2D eigenvalue weighted by Gasteiger charge is 2.28. The van der Waals surface area contributed by atoms with Crippen LogP contribution in [0.5, 0.6) is 0 Å². The van der Waals surface area contributed by atoms with E-state index in [0.29, 0.717) is 16.5 Å². The molecule has 9 aromatic heterocycles. The molecule has 0 radical (unpaired) electrons. The Morgan fingerprint density at radius 1 is 0.288 bits per heavy atom. The number of fused-ring (bicyclic) bond motifs is 19. The molecule has 504 valence electrons. The lowest BCUT2D eigenvalue weighted by Gasteiger charge is -2.09. The summed E-state index contributed by atoms with van der Waals surface area (Å²) in [6.07, 6.45) is 9.46. The van der Waals surface area contributed by atoms with E-state index >= 15 is 0 Å². The lowest BCUT2D eigenvalue weighted by molar-refractivity contribution is -0.659. The topological polar surface area (TPSA) is 28.4 Å². The molecule has 0 bridgehead atoms. The van der Waals surface area contributed by atoms with Crippen molar-refractivity contribution in [2.45, 2.75) is 55.1 Å². The minimum atomic E-state index is -2.31. The molecule has 0 N–H and O–H groups in total. The van der Waals surface area contributed by atoms with Crippen LogP contribution in [0.4, 0.5) is 0 Å². The third-order valence-corrected chi connectivity index (χ3v) is 24.9. The fraction of sp³-hybridized carbons (Fsp3) is 0.126. The van der Waals surface area contributed by atoms with Gasteiger partial charge in [-0.1, -0.05) is 169 Å². The minimum Gasteiger partial charge on any atom is -0.256 e. The fourth-order valence-corrected chi connectivity index (χ4v) is 20.2. The van der Waals surface area contributed by atoms with Gasteiger partial charge < -0.3 is 0 Å².